The largest absolute Gasteiger partial charge is 0.271 e. The van der Waals surface area contributed by atoms with Crippen LogP contribution in [0.25, 0.3) is 0 Å². The quantitative estimate of drug-likeness (QED) is 0.790. The van der Waals surface area contributed by atoms with E-state index >= 15 is 0 Å². The van der Waals surface area contributed by atoms with Crippen molar-refractivity contribution < 1.29 is 9.59 Å². The Morgan fingerprint density at radius 2 is 2.00 bits per heavy atom. The van der Waals surface area contributed by atoms with Crippen LogP contribution in [0, 0.1) is 11.3 Å². The fraction of sp³-hybridized carbons (Fsp3) is 0.0833. The zero-order chi connectivity index (χ0) is 15.2. The van der Waals surface area contributed by atoms with Gasteiger partial charge < -0.3 is 0 Å². The molecule has 106 valence electrons. The summed E-state index contributed by atoms with van der Waals surface area (Å²) in [5.74, 6) is -1.02. The van der Waals surface area contributed by atoms with Crippen LogP contribution in [0.15, 0.2) is 30.6 Å². The maximum atomic E-state index is 11.7. The summed E-state index contributed by atoms with van der Waals surface area (Å²) in [5, 5.41) is 12.8. The Labute approximate surface area is 124 Å². The number of rotatable bonds is 3. The van der Waals surface area contributed by atoms with Crippen LogP contribution in [0.1, 0.15) is 16.2 Å². The lowest BCUT2D eigenvalue weighted by Gasteiger charge is -2.07. The Balaban J connectivity index is 1.85. The highest BCUT2D eigenvalue weighted by Crippen LogP contribution is 2.08. The molecule has 0 unspecified atom stereocenters. The van der Waals surface area contributed by atoms with E-state index in [0.717, 1.165) is 0 Å². The Morgan fingerprint density at radius 3 is 2.62 bits per heavy atom. The van der Waals surface area contributed by atoms with E-state index in [1.165, 1.54) is 23.1 Å². The van der Waals surface area contributed by atoms with Crippen LogP contribution in [0.3, 0.4) is 0 Å². The lowest BCUT2D eigenvalue weighted by atomic mass is 10.2. The van der Waals surface area contributed by atoms with Gasteiger partial charge >= 0.3 is 0 Å². The number of aromatic nitrogens is 3. The van der Waals surface area contributed by atoms with Crippen molar-refractivity contribution in [2.24, 2.45) is 0 Å². The molecule has 1 heterocycles. The van der Waals surface area contributed by atoms with E-state index in [-0.39, 0.29) is 12.4 Å². The zero-order valence-corrected chi connectivity index (χ0v) is 11.3. The van der Waals surface area contributed by atoms with Crippen molar-refractivity contribution >= 4 is 23.4 Å². The average Bonchev–Trinajstić information content (AvgIpc) is 2.93. The third-order valence-corrected chi connectivity index (χ3v) is 2.62. The van der Waals surface area contributed by atoms with Crippen LogP contribution in [-0.4, -0.2) is 26.6 Å². The summed E-state index contributed by atoms with van der Waals surface area (Å²) in [6.07, 6.45) is 1.25. The van der Waals surface area contributed by atoms with E-state index < -0.39 is 11.8 Å². The van der Waals surface area contributed by atoms with Crippen molar-refractivity contribution in [3.63, 3.8) is 0 Å². The van der Waals surface area contributed by atoms with Gasteiger partial charge in [-0.3, -0.25) is 20.4 Å². The van der Waals surface area contributed by atoms with Crippen LogP contribution in [0.2, 0.25) is 5.02 Å². The van der Waals surface area contributed by atoms with Gasteiger partial charge in [-0.1, -0.05) is 11.6 Å². The van der Waals surface area contributed by atoms with Crippen molar-refractivity contribution in [2.75, 3.05) is 0 Å². The first-order valence-electron chi connectivity index (χ1n) is 5.73. The molecule has 0 bridgehead atoms. The summed E-state index contributed by atoms with van der Waals surface area (Å²) in [6.45, 7) is -0.171. The molecule has 0 saturated carbocycles. The third-order valence-electron chi connectivity index (χ3n) is 2.36. The highest BCUT2D eigenvalue weighted by atomic mass is 35.5. The van der Waals surface area contributed by atoms with Gasteiger partial charge in [0.15, 0.2) is 0 Å². The molecule has 2 rings (SSSR count). The molecular weight excluding hydrogens is 296 g/mol. The summed E-state index contributed by atoms with van der Waals surface area (Å²) < 4.78 is 1.18. The van der Waals surface area contributed by atoms with Crippen LogP contribution in [-0.2, 0) is 11.3 Å². The third kappa shape index (κ3) is 4.02. The van der Waals surface area contributed by atoms with Crippen molar-refractivity contribution in [3.05, 3.63) is 47.0 Å². The molecule has 21 heavy (non-hydrogen) atoms. The highest BCUT2D eigenvalue weighted by molar-refractivity contribution is 6.30. The van der Waals surface area contributed by atoms with Gasteiger partial charge in [-0.2, -0.15) is 5.26 Å². The summed E-state index contributed by atoms with van der Waals surface area (Å²) >= 11 is 5.71. The number of nitriles is 1. The van der Waals surface area contributed by atoms with Crippen LogP contribution >= 0.6 is 11.6 Å². The number of halogens is 1. The van der Waals surface area contributed by atoms with Gasteiger partial charge in [-0.15, -0.1) is 5.10 Å². The van der Waals surface area contributed by atoms with Crippen molar-refractivity contribution in [3.8, 4) is 6.07 Å². The molecule has 0 atom stereocenters. The minimum atomic E-state index is -0.508. The predicted octanol–water partition coefficient (Wildman–Crippen LogP) is 0.264. The molecule has 0 aliphatic carbocycles. The predicted molar refractivity (Wildman–Crippen MR) is 71.8 cm³/mol. The number of hydrazine groups is 1. The molecule has 0 aliphatic rings. The normalized spacial score (nSPS) is 9.71. The van der Waals surface area contributed by atoms with Crippen LogP contribution in [0.4, 0.5) is 0 Å². The lowest BCUT2D eigenvalue weighted by Crippen LogP contribution is -2.43. The van der Waals surface area contributed by atoms with Crippen molar-refractivity contribution in [1.29, 1.82) is 5.26 Å². The molecule has 0 radical (unpaired) electrons. The number of hydrogen-bond acceptors (Lipinski definition) is 5. The first-order valence-corrected chi connectivity index (χ1v) is 6.10. The summed E-state index contributed by atoms with van der Waals surface area (Å²) in [7, 11) is 0. The van der Waals surface area contributed by atoms with Gasteiger partial charge in [0.1, 0.15) is 18.9 Å². The molecular formula is C12H9ClN6O2. The van der Waals surface area contributed by atoms with Gasteiger partial charge in [0.25, 0.3) is 17.6 Å². The molecule has 2 N–H and O–H groups in total. The minimum absolute atomic E-state index is 0.0343. The lowest BCUT2D eigenvalue weighted by molar-refractivity contribution is -0.122. The standard InChI is InChI=1S/C12H9ClN6O2/c13-9-3-1-8(2-4-9)12(21)17-16-11(20)6-19-7-15-10(5-14)18-19/h1-4,7H,6H2,(H,16,20)(H,17,21). The molecule has 0 spiro atoms. The Kier molecular flexibility index (Phi) is 4.48. The highest BCUT2D eigenvalue weighted by Gasteiger charge is 2.08. The van der Waals surface area contributed by atoms with E-state index in [9.17, 15) is 9.59 Å². The van der Waals surface area contributed by atoms with Gasteiger partial charge in [0.2, 0.25) is 0 Å². The second-order valence-corrected chi connectivity index (χ2v) is 4.32. The van der Waals surface area contributed by atoms with Crippen molar-refractivity contribution in [1.82, 2.24) is 25.6 Å². The van der Waals surface area contributed by atoms with E-state index in [0.29, 0.717) is 10.6 Å². The van der Waals surface area contributed by atoms with E-state index in [1.54, 1.807) is 18.2 Å². The van der Waals surface area contributed by atoms with Crippen LogP contribution < -0.4 is 10.9 Å². The number of carbonyl (C=O) groups excluding carboxylic acids is 2. The molecule has 2 amide bonds. The maximum Gasteiger partial charge on any atom is 0.269 e. The number of hydrogen-bond donors (Lipinski definition) is 2. The smallest absolute Gasteiger partial charge is 0.269 e. The number of nitrogens with zero attached hydrogens (tertiary/aromatic N) is 4. The molecule has 9 heteroatoms. The van der Waals surface area contributed by atoms with Crippen molar-refractivity contribution in [2.45, 2.75) is 6.54 Å². The first kappa shape index (κ1) is 14.5. The molecule has 0 aliphatic heterocycles. The summed E-state index contributed by atoms with van der Waals surface area (Å²) in [4.78, 5) is 26.9. The van der Waals surface area contributed by atoms with Gasteiger partial charge in [0, 0.05) is 10.6 Å². The topological polar surface area (TPSA) is 113 Å². The zero-order valence-electron chi connectivity index (χ0n) is 10.6. The van der Waals surface area contributed by atoms with E-state index in [2.05, 4.69) is 20.9 Å². The average molecular weight is 305 g/mol. The number of benzene rings is 1. The molecule has 0 fully saturated rings. The fourth-order valence-electron chi connectivity index (χ4n) is 1.41. The summed E-state index contributed by atoms with van der Waals surface area (Å²) in [5.41, 5.74) is 4.83. The van der Waals surface area contributed by atoms with E-state index in [4.69, 9.17) is 16.9 Å². The molecule has 0 saturated heterocycles. The molecule has 2 aromatic rings. The SMILES string of the molecule is N#Cc1ncn(CC(=O)NNC(=O)c2ccc(Cl)cc2)n1. The number of nitrogens with one attached hydrogen (secondary N) is 2. The minimum Gasteiger partial charge on any atom is -0.271 e. The molecule has 8 nitrogen and oxygen atoms in total. The Bertz CT molecular complexity index is 703. The van der Waals surface area contributed by atoms with Gasteiger partial charge in [-0.05, 0) is 24.3 Å². The van der Waals surface area contributed by atoms with E-state index in [1.807, 2.05) is 0 Å². The fourth-order valence-corrected chi connectivity index (χ4v) is 1.53. The first-order chi connectivity index (χ1) is 10.1. The second kappa shape index (κ2) is 6.49. The Hall–Kier alpha value is -2.92. The maximum absolute atomic E-state index is 11.7. The Morgan fingerprint density at radius 1 is 1.29 bits per heavy atom. The van der Waals surface area contributed by atoms with Gasteiger partial charge in [-0.25, -0.2) is 9.67 Å². The molecule has 1 aromatic carbocycles. The monoisotopic (exact) mass is 304 g/mol. The number of carbonyl (C=O) groups is 2. The molecule has 1 aromatic heterocycles. The second-order valence-electron chi connectivity index (χ2n) is 3.89. The van der Waals surface area contributed by atoms with Gasteiger partial charge in [0.05, 0.1) is 0 Å². The van der Waals surface area contributed by atoms with Crippen LogP contribution in [0.5, 0.6) is 0 Å². The number of amides is 2. The summed E-state index contributed by atoms with van der Waals surface area (Å²) in [6, 6.07) is 7.93.